The number of halogens is 1. The molecule has 0 aromatic heterocycles. The summed E-state index contributed by atoms with van der Waals surface area (Å²) in [6, 6.07) is 5.81. The van der Waals surface area contributed by atoms with E-state index in [1.165, 1.54) is 12.1 Å². The predicted octanol–water partition coefficient (Wildman–Crippen LogP) is 3.36. The highest BCUT2D eigenvalue weighted by molar-refractivity contribution is 5.97. The third-order valence-corrected chi connectivity index (χ3v) is 2.77. The van der Waals surface area contributed by atoms with Gasteiger partial charge in [-0.25, -0.2) is 4.39 Å². The van der Waals surface area contributed by atoms with Crippen LogP contribution in [0.25, 0.3) is 0 Å². The number of benzene rings is 1. The van der Waals surface area contributed by atoms with Gasteiger partial charge >= 0.3 is 0 Å². The van der Waals surface area contributed by atoms with Crippen LogP contribution in [0.2, 0.25) is 0 Å². The van der Waals surface area contributed by atoms with E-state index in [0.717, 1.165) is 19.3 Å². The van der Waals surface area contributed by atoms with E-state index in [2.05, 4.69) is 12.2 Å². The largest absolute Gasteiger partial charge is 0.294 e. The minimum absolute atomic E-state index is 0.0838. The van der Waals surface area contributed by atoms with Gasteiger partial charge in [-0.1, -0.05) is 12.2 Å². The summed E-state index contributed by atoms with van der Waals surface area (Å²) in [4.78, 5) is 12.0. The van der Waals surface area contributed by atoms with E-state index in [1.54, 1.807) is 12.1 Å². The average molecular weight is 204 g/mol. The molecule has 0 amide bonds. The highest BCUT2D eigenvalue weighted by Crippen LogP contribution is 2.22. The summed E-state index contributed by atoms with van der Waals surface area (Å²) in [5.41, 5.74) is 0.622. The summed E-state index contributed by atoms with van der Waals surface area (Å²) in [5, 5.41) is 0. The van der Waals surface area contributed by atoms with Crippen LogP contribution in [-0.2, 0) is 0 Å². The smallest absolute Gasteiger partial charge is 0.166 e. The molecule has 1 aliphatic carbocycles. The predicted molar refractivity (Wildman–Crippen MR) is 57.2 cm³/mol. The minimum atomic E-state index is -0.296. The van der Waals surface area contributed by atoms with Crippen LogP contribution in [0.1, 0.15) is 29.6 Å². The summed E-state index contributed by atoms with van der Waals surface area (Å²) < 4.78 is 12.7. The van der Waals surface area contributed by atoms with Gasteiger partial charge < -0.3 is 0 Å². The molecule has 15 heavy (non-hydrogen) atoms. The fraction of sp³-hybridized carbons (Fsp3) is 0.308. The Balaban J connectivity index is 2.13. The third kappa shape index (κ3) is 2.32. The molecule has 0 fully saturated rings. The molecular weight excluding hydrogens is 191 g/mol. The van der Waals surface area contributed by atoms with Crippen LogP contribution < -0.4 is 0 Å². The maximum Gasteiger partial charge on any atom is 0.166 e. The summed E-state index contributed by atoms with van der Waals surface area (Å²) in [6.45, 7) is 0. The van der Waals surface area contributed by atoms with Crippen molar-refractivity contribution in [2.45, 2.75) is 19.3 Å². The number of allylic oxidation sites excluding steroid dienone is 2. The zero-order valence-electron chi connectivity index (χ0n) is 8.45. The molecule has 0 spiro atoms. The molecule has 0 bridgehead atoms. The SMILES string of the molecule is O=C(c1ccc(F)cc1)C1CC=CCC1. The zero-order chi connectivity index (χ0) is 10.7. The molecule has 0 heterocycles. The average Bonchev–Trinajstić information content (AvgIpc) is 2.30. The molecule has 1 aromatic rings. The van der Waals surface area contributed by atoms with E-state index in [0.29, 0.717) is 5.56 Å². The number of rotatable bonds is 2. The van der Waals surface area contributed by atoms with Crippen molar-refractivity contribution in [1.82, 2.24) is 0 Å². The van der Waals surface area contributed by atoms with Gasteiger partial charge in [-0.2, -0.15) is 0 Å². The molecule has 78 valence electrons. The van der Waals surface area contributed by atoms with Crippen LogP contribution in [-0.4, -0.2) is 5.78 Å². The van der Waals surface area contributed by atoms with Crippen molar-refractivity contribution in [3.05, 3.63) is 47.8 Å². The van der Waals surface area contributed by atoms with E-state index in [-0.39, 0.29) is 17.5 Å². The molecule has 1 aliphatic rings. The lowest BCUT2D eigenvalue weighted by molar-refractivity contribution is 0.0912. The molecular formula is C13H13FO. The maximum absolute atomic E-state index is 12.7. The summed E-state index contributed by atoms with van der Waals surface area (Å²) >= 11 is 0. The Kier molecular flexibility index (Phi) is 2.95. The standard InChI is InChI=1S/C13H13FO/c14-12-8-6-11(7-9-12)13(15)10-4-2-1-3-5-10/h1-2,6-10H,3-5H2. The molecule has 1 unspecified atom stereocenters. The van der Waals surface area contributed by atoms with Crippen LogP contribution in [0.4, 0.5) is 4.39 Å². The molecule has 0 saturated heterocycles. The number of hydrogen-bond acceptors (Lipinski definition) is 1. The molecule has 2 rings (SSSR count). The van der Waals surface area contributed by atoms with Crippen LogP contribution in [0.3, 0.4) is 0 Å². The lowest BCUT2D eigenvalue weighted by atomic mass is 9.87. The first-order chi connectivity index (χ1) is 7.27. The fourth-order valence-corrected chi connectivity index (χ4v) is 1.88. The molecule has 0 saturated carbocycles. The minimum Gasteiger partial charge on any atom is -0.294 e. The van der Waals surface area contributed by atoms with Gasteiger partial charge in [0.2, 0.25) is 0 Å². The van der Waals surface area contributed by atoms with Crippen LogP contribution >= 0.6 is 0 Å². The second-order valence-electron chi connectivity index (χ2n) is 3.85. The lowest BCUT2D eigenvalue weighted by Gasteiger charge is -2.16. The van der Waals surface area contributed by atoms with Gasteiger partial charge in [0.15, 0.2) is 5.78 Å². The van der Waals surface area contributed by atoms with Crippen molar-refractivity contribution in [2.24, 2.45) is 5.92 Å². The normalized spacial score (nSPS) is 20.2. The van der Waals surface area contributed by atoms with E-state index < -0.39 is 0 Å². The molecule has 0 aliphatic heterocycles. The second kappa shape index (κ2) is 4.39. The second-order valence-corrected chi connectivity index (χ2v) is 3.85. The highest BCUT2D eigenvalue weighted by atomic mass is 19.1. The van der Waals surface area contributed by atoms with Gasteiger partial charge in [0, 0.05) is 11.5 Å². The van der Waals surface area contributed by atoms with Gasteiger partial charge in [-0.3, -0.25) is 4.79 Å². The van der Waals surface area contributed by atoms with E-state index in [9.17, 15) is 9.18 Å². The van der Waals surface area contributed by atoms with Crippen molar-refractivity contribution in [2.75, 3.05) is 0 Å². The number of ketones is 1. The first kappa shape index (κ1) is 10.1. The van der Waals surface area contributed by atoms with Crippen molar-refractivity contribution in [1.29, 1.82) is 0 Å². The molecule has 0 radical (unpaired) electrons. The monoisotopic (exact) mass is 204 g/mol. The Hall–Kier alpha value is -1.44. The van der Waals surface area contributed by atoms with Crippen molar-refractivity contribution in [3.8, 4) is 0 Å². The lowest BCUT2D eigenvalue weighted by Crippen LogP contribution is -2.15. The topological polar surface area (TPSA) is 17.1 Å². The van der Waals surface area contributed by atoms with Gasteiger partial charge in [-0.15, -0.1) is 0 Å². The number of carbonyl (C=O) groups is 1. The van der Waals surface area contributed by atoms with Gasteiger partial charge in [0.25, 0.3) is 0 Å². The van der Waals surface area contributed by atoms with Gasteiger partial charge in [0.1, 0.15) is 5.82 Å². The Labute approximate surface area is 88.6 Å². The van der Waals surface area contributed by atoms with Crippen molar-refractivity contribution >= 4 is 5.78 Å². The van der Waals surface area contributed by atoms with Crippen LogP contribution in [0.5, 0.6) is 0 Å². The first-order valence-corrected chi connectivity index (χ1v) is 5.22. The van der Waals surface area contributed by atoms with E-state index in [4.69, 9.17) is 0 Å². The van der Waals surface area contributed by atoms with Gasteiger partial charge in [0.05, 0.1) is 0 Å². The number of Topliss-reactive ketones (excluding diaryl/α,β-unsaturated/α-hetero) is 1. The molecule has 1 atom stereocenters. The highest BCUT2D eigenvalue weighted by Gasteiger charge is 2.19. The fourth-order valence-electron chi connectivity index (χ4n) is 1.88. The van der Waals surface area contributed by atoms with Crippen LogP contribution in [0.15, 0.2) is 36.4 Å². The Morgan fingerprint density at radius 1 is 1.20 bits per heavy atom. The maximum atomic E-state index is 12.7. The van der Waals surface area contributed by atoms with Gasteiger partial charge in [-0.05, 0) is 43.5 Å². The van der Waals surface area contributed by atoms with Crippen LogP contribution in [0, 0.1) is 11.7 Å². The van der Waals surface area contributed by atoms with Crippen molar-refractivity contribution in [3.63, 3.8) is 0 Å². The summed E-state index contributed by atoms with van der Waals surface area (Å²) in [6.07, 6.45) is 6.85. The molecule has 0 N–H and O–H groups in total. The molecule has 1 aromatic carbocycles. The first-order valence-electron chi connectivity index (χ1n) is 5.22. The molecule has 2 heteroatoms. The van der Waals surface area contributed by atoms with Crippen molar-refractivity contribution < 1.29 is 9.18 Å². The van der Waals surface area contributed by atoms with E-state index in [1.807, 2.05) is 0 Å². The Morgan fingerprint density at radius 2 is 1.93 bits per heavy atom. The number of carbonyl (C=O) groups excluding carboxylic acids is 1. The Bertz CT molecular complexity index is 378. The molecule has 1 nitrogen and oxygen atoms in total. The number of hydrogen-bond donors (Lipinski definition) is 0. The Morgan fingerprint density at radius 3 is 2.53 bits per heavy atom. The quantitative estimate of drug-likeness (QED) is 0.533. The summed E-state index contributed by atoms with van der Waals surface area (Å²) in [5.74, 6) is -0.0742. The van der Waals surface area contributed by atoms with E-state index >= 15 is 0 Å². The zero-order valence-corrected chi connectivity index (χ0v) is 8.45. The summed E-state index contributed by atoms with van der Waals surface area (Å²) in [7, 11) is 0. The third-order valence-electron chi connectivity index (χ3n) is 2.77.